The van der Waals surface area contributed by atoms with Crippen LogP contribution in [0.3, 0.4) is 0 Å². The van der Waals surface area contributed by atoms with Crippen LogP contribution in [0.5, 0.6) is 0 Å². The zero-order valence-electron chi connectivity index (χ0n) is 19.8. The fourth-order valence-corrected chi connectivity index (χ4v) is 4.51. The van der Waals surface area contributed by atoms with E-state index < -0.39 is 23.7 Å². The lowest BCUT2D eigenvalue weighted by Crippen LogP contribution is -2.40. The third-order valence-electron chi connectivity index (χ3n) is 6.77. The summed E-state index contributed by atoms with van der Waals surface area (Å²) < 4.78 is 15.1. The standard InChI is InChI=1S/C25H32FN3O4/c1-13-6-7-17(9-11-20(13)30)27-25(33)23(31)22-15(3)21(16(4)29(22)5)24(32)28-18-8-10-19(26)14(2)12-18/h8,10,12-13,17,20,30H,6-7,9,11H2,1-5H3,(H,27,33)(H,28,32)/t13-,17?,20+/m1/s1. The number of carbonyl (C=O) groups is 3. The molecule has 1 fully saturated rings. The molecule has 7 nitrogen and oxygen atoms in total. The van der Waals surface area contributed by atoms with Gasteiger partial charge in [0.2, 0.25) is 0 Å². The van der Waals surface area contributed by atoms with Gasteiger partial charge in [0.25, 0.3) is 17.6 Å². The highest BCUT2D eigenvalue weighted by Crippen LogP contribution is 2.25. The molecule has 178 valence electrons. The SMILES string of the molecule is Cc1cc(NC(=O)c2c(C)c(C(=O)C(=O)NC3CC[C@@H](C)[C@@H](O)CC3)n(C)c2C)ccc1F. The molecular formula is C25H32FN3O4. The molecule has 3 rings (SSSR count). The van der Waals surface area contributed by atoms with Crippen molar-refractivity contribution in [1.29, 1.82) is 0 Å². The van der Waals surface area contributed by atoms with Gasteiger partial charge >= 0.3 is 0 Å². The van der Waals surface area contributed by atoms with Crippen LogP contribution >= 0.6 is 0 Å². The van der Waals surface area contributed by atoms with Crippen molar-refractivity contribution in [1.82, 2.24) is 9.88 Å². The molecule has 0 spiro atoms. The lowest BCUT2D eigenvalue weighted by Gasteiger charge is -2.16. The summed E-state index contributed by atoms with van der Waals surface area (Å²) in [6.07, 6.45) is 2.27. The number of Topliss-reactive ketones (excluding diaryl/α,β-unsaturated/α-hetero) is 1. The van der Waals surface area contributed by atoms with E-state index in [0.717, 1.165) is 6.42 Å². The Kier molecular flexibility index (Phi) is 7.37. The smallest absolute Gasteiger partial charge is 0.294 e. The lowest BCUT2D eigenvalue weighted by atomic mass is 10.0. The largest absolute Gasteiger partial charge is 0.393 e. The van der Waals surface area contributed by atoms with Crippen LogP contribution in [0.2, 0.25) is 0 Å². The topological polar surface area (TPSA) is 100 Å². The van der Waals surface area contributed by atoms with Gasteiger partial charge in [0, 0.05) is 24.5 Å². The third kappa shape index (κ3) is 5.16. The number of hydrogen-bond donors (Lipinski definition) is 3. The molecule has 1 aliphatic carbocycles. The molecule has 3 N–H and O–H groups in total. The first-order chi connectivity index (χ1) is 15.5. The minimum Gasteiger partial charge on any atom is -0.393 e. The van der Waals surface area contributed by atoms with E-state index in [1.165, 1.54) is 18.2 Å². The second-order valence-electron chi connectivity index (χ2n) is 9.11. The first-order valence-electron chi connectivity index (χ1n) is 11.3. The average Bonchev–Trinajstić information content (AvgIpc) is 2.87. The second kappa shape index (κ2) is 9.87. The molecule has 2 amide bonds. The highest BCUT2D eigenvalue weighted by molar-refractivity contribution is 6.43. The number of benzene rings is 1. The van der Waals surface area contributed by atoms with Crippen molar-refractivity contribution in [2.45, 2.75) is 65.5 Å². The number of amides is 2. The van der Waals surface area contributed by atoms with Crippen molar-refractivity contribution in [3.8, 4) is 0 Å². The molecule has 0 bridgehead atoms. The van der Waals surface area contributed by atoms with Crippen LogP contribution in [0.25, 0.3) is 0 Å². The van der Waals surface area contributed by atoms with Crippen LogP contribution in [0, 0.1) is 32.5 Å². The molecule has 8 heteroatoms. The number of hydrogen-bond acceptors (Lipinski definition) is 4. The maximum Gasteiger partial charge on any atom is 0.294 e. The van der Waals surface area contributed by atoms with Crippen molar-refractivity contribution in [2.75, 3.05) is 5.32 Å². The number of aliphatic hydroxyl groups excluding tert-OH is 1. The van der Waals surface area contributed by atoms with E-state index in [2.05, 4.69) is 10.6 Å². The van der Waals surface area contributed by atoms with E-state index in [1.807, 2.05) is 6.92 Å². The van der Waals surface area contributed by atoms with Crippen molar-refractivity contribution in [3.63, 3.8) is 0 Å². The number of ketones is 1. The number of nitrogens with one attached hydrogen (secondary N) is 2. The molecule has 1 saturated carbocycles. The van der Waals surface area contributed by atoms with Crippen LogP contribution in [-0.2, 0) is 11.8 Å². The zero-order valence-corrected chi connectivity index (χ0v) is 19.8. The molecule has 1 aliphatic rings. The van der Waals surface area contributed by atoms with E-state index in [1.54, 1.807) is 32.4 Å². The Labute approximate surface area is 193 Å². The number of aliphatic hydroxyl groups is 1. The third-order valence-corrected chi connectivity index (χ3v) is 6.77. The Morgan fingerprint density at radius 1 is 1.09 bits per heavy atom. The van der Waals surface area contributed by atoms with Crippen LogP contribution in [-0.4, -0.2) is 39.4 Å². The lowest BCUT2D eigenvalue weighted by molar-refractivity contribution is -0.117. The molecule has 1 aromatic carbocycles. The molecule has 1 heterocycles. The van der Waals surface area contributed by atoms with E-state index >= 15 is 0 Å². The summed E-state index contributed by atoms with van der Waals surface area (Å²) >= 11 is 0. The van der Waals surface area contributed by atoms with Crippen molar-refractivity contribution in [3.05, 3.63) is 52.1 Å². The van der Waals surface area contributed by atoms with Crippen molar-refractivity contribution < 1.29 is 23.9 Å². The van der Waals surface area contributed by atoms with Crippen LogP contribution in [0.15, 0.2) is 18.2 Å². The molecular weight excluding hydrogens is 425 g/mol. The van der Waals surface area contributed by atoms with Gasteiger partial charge in [0.1, 0.15) is 5.82 Å². The molecule has 1 unspecified atom stereocenters. The second-order valence-corrected chi connectivity index (χ2v) is 9.11. The molecule has 1 aromatic heterocycles. The fraction of sp³-hybridized carbons (Fsp3) is 0.480. The summed E-state index contributed by atoms with van der Waals surface area (Å²) in [4.78, 5) is 38.8. The predicted molar refractivity (Wildman–Crippen MR) is 124 cm³/mol. The molecule has 2 aromatic rings. The van der Waals surface area contributed by atoms with Crippen molar-refractivity contribution in [2.24, 2.45) is 13.0 Å². The number of anilines is 1. The summed E-state index contributed by atoms with van der Waals surface area (Å²) in [5.74, 6) is -2.05. The van der Waals surface area contributed by atoms with Gasteiger partial charge in [-0.05, 0) is 81.7 Å². The zero-order chi connectivity index (χ0) is 24.4. The highest BCUT2D eigenvalue weighted by Gasteiger charge is 2.31. The number of carbonyl (C=O) groups excluding carboxylic acids is 3. The summed E-state index contributed by atoms with van der Waals surface area (Å²) in [7, 11) is 1.64. The number of halogens is 1. The Balaban J connectivity index is 1.79. The van der Waals surface area contributed by atoms with Gasteiger partial charge in [-0.25, -0.2) is 4.39 Å². The monoisotopic (exact) mass is 457 g/mol. The Morgan fingerprint density at radius 3 is 2.42 bits per heavy atom. The first kappa shape index (κ1) is 24.6. The average molecular weight is 458 g/mol. The van der Waals surface area contributed by atoms with Crippen LogP contribution in [0.1, 0.15) is 70.3 Å². The van der Waals surface area contributed by atoms with Crippen LogP contribution in [0.4, 0.5) is 10.1 Å². The minimum atomic E-state index is -0.714. The fourth-order valence-electron chi connectivity index (χ4n) is 4.51. The van der Waals surface area contributed by atoms with Gasteiger partial charge in [0.05, 0.1) is 17.4 Å². The van der Waals surface area contributed by atoms with E-state index in [0.29, 0.717) is 47.3 Å². The summed E-state index contributed by atoms with van der Waals surface area (Å²) in [5, 5.41) is 15.6. The Morgan fingerprint density at radius 2 is 1.76 bits per heavy atom. The summed E-state index contributed by atoms with van der Waals surface area (Å²) in [6.45, 7) is 6.94. The van der Waals surface area contributed by atoms with Gasteiger partial charge in [0.15, 0.2) is 0 Å². The molecule has 0 aliphatic heterocycles. The molecule has 0 saturated heterocycles. The predicted octanol–water partition coefficient (Wildman–Crippen LogP) is 3.58. The highest BCUT2D eigenvalue weighted by atomic mass is 19.1. The van der Waals surface area contributed by atoms with E-state index in [9.17, 15) is 23.9 Å². The minimum absolute atomic E-state index is 0.159. The van der Waals surface area contributed by atoms with Gasteiger partial charge in [-0.15, -0.1) is 0 Å². The molecule has 3 atom stereocenters. The van der Waals surface area contributed by atoms with Gasteiger partial charge in [-0.2, -0.15) is 0 Å². The molecule has 0 radical (unpaired) electrons. The van der Waals surface area contributed by atoms with Gasteiger partial charge < -0.3 is 20.3 Å². The number of nitrogens with zero attached hydrogens (tertiary/aromatic N) is 1. The Hall–Kier alpha value is -3.00. The maximum atomic E-state index is 13.5. The normalized spacial score (nSPS) is 20.8. The number of aryl methyl sites for hydroxylation is 1. The van der Waals surface area contributed by atoms with Gasteiger partial charge in [-0.3, -0.25) is 14.4 Å². The first-order valence-corrected chi connectivity index (χ1v) is 11.3. The molecule has 33 heavy (non-hydrogen) atoms. The van der Waals surface area contributed by atoms with Crippen LogP contribution < -0.4 is 10.6 Å². The summed E-state index contributed by atoms with van der Waals surface area (Å²) in [5.41, 5.74) is 2.27. The van der Waals surface area contributed by atoms with E-state index in [4.69, 9.17) is 0 Å². The summed E-state index contributed by atoms with van der Waals surface area (Å²) in [6, 6.07) is 4.11. The number of rotatable bonds is 5. The van der Waals surface area contributed by atoms with Crippen molar-refractivity contribution >= 4 is 23.3 Å². The Bertz CT molecular complexity index is 1080. The van der Waals surface area contributed by atoms with E-state index in [-0.39, 0.29) is 23.5 Å². The maximum absolute atomic E-state index is 13.5. The quantitative estimate of drug-likeness (QED) is 0.363. The number of aromatic nitrogens is 1. The van der Waals surface area contributed by atoms with Gasteiger partial charge in [-0.1, -0.05) is 6.92 Å².